The molecule has 2 aliphatic rings. The molecule has 1 heterocycles. The van der Waals surface area contributed by atoms with Gasteiger partial charge in [0.1, 0.15) is 17.2 Å². The molecule has 0 N–H and O–H groups in total. The van der Waals surface area contributed by atoms with Crippen molar-refractivity contribution in [3.05, 3.63) is 35.4 Å². The third kappa shape index (κ3) is 3.53. The second-order valence-electron chi connectivity index (χ2n) is 8.41. The van der Waals surface area contributed by atoms with E-state index in [1.807, 2.05) is 0 Å². The molecule has 0 radical (unpaired) electrons. The minimum atomic E-state index is -1.15. The predicted molar refractivity (Wildman–Crippen MR) is 87.9 cm³/mol. The Morgan fingerprint density at radius 1 is 1.20 bits per heavy atom. The summed E-state index contributed by atoms with van der Waals surface area (Å²) < 4.78 is 32.1. The molecule has 1 aliphatic carbocycles. The van der Waals surface area contributed by atoms with Crippen LogP contribution in [0.25, 0.3) is 0 Å². The van der Waals surface area contributed by atoms with Crippen molar-refractivity contribution in [3.63, 3.8) is 0 Å². The first-order chi connectivity index (χ1) is 11.6. The SMILES string of the molecule is CC1(C)C[C@@H]2C[C@](C)(CN2C(=O)COC(=O)c2c(F)cccc2F)C1. The van der Waals surface area contributed by atoms with Crippen LogP contribution in [0.4, 0.5) is 8.78 Å². The van der Waals surface area contributed by atoms with E-state index in [0.717, 1.165) is 31.4 Å². The number of carbonyl (C=O) groups excluding carboxylic acids is 2. The molecule has 2 bridgehead atoms. The van der Waals surface area contributed by atoms with E-state index in [-0.39, 0.29) is 22.8 Å². The number of nitrogens with zero attached hydrogens (tertiary/aromatic N) is 1. The Kier molecular flexibility index (Phi) is 4.33. The molecule has 0 spiro atoms. The van der Waals surface area contributed by atoms with E-state index in [9.17, 15) is 18.4 Å². The van der Waals surface area contributed by atoms with Crippen LogP contribution in [0, 0.1) is 22.5 Å². The first-order valence-corrected chi connectivity index (χ1v) is 8.51. The number of carbonyl (C=O) groups is 2. The van der Waals surface area contributed by atoms with Gasteiger partial charge < -0.3 is 9.64 Å². The highest BCUT2D eigenvalue weighted by Crippen LogP contribution is 2.52. The van der Waals surface area contributed by atoms with Gasteiger partial charge in [-0.3, -0.25) is 4.79 Å². The molecule has 1 aromatic carbocycles. The minimum Gasteiger partial charge on any atom is -0.452 e. The maximum atomic E-state index is 13.6. The zero-order chi connectivity index (χ0) is 18.4. The van der Waals surface area contributed by atoms with Gasteiger partial charge in [-0.2, -0.15) is 0 Å². The average molecular weight is 351 g/mol. The van der Waals surface area contributed by atoms with Gasteiger partial charge in [0.15, 0.2) is 6.61 Å². The Hall–Kier alpha value is -1.98. The number of hydrogen-bond acceptors (Lipinski definition) is 3. The standard InChI is InChI=1S/C19H23F2NO3/c1-18(2)7-12-8-19(3,10-18)11-22(12)15(23)9-25-17(24)16-13(20)5-4-6-14(16)21/h4-6,12H,7-11H2,1-3H3/t12-,19+/m1/s1. The molecule has 1 amide bonds. The number of halogens is 2. The normalized spacial score (nSPS) is 27.2. The van der Waals surface area contributed by atoms with Crippen LogP contribution in [0.1, 0.15) is 50.4 Å². The quantitative estimate of drug-likeness (QED) is 0.783. The molecule has 0 unspecified atom stereocenters. The molecular formula is C19H23F2NO3. The maximum Gasteiger partial charge on any atom is 0.344 e. The number of amides is 1. The highest BCUT2D eigenvalue weighted by atomic mass is 19.1. The van der Waals surface area contributed by atoms with Gasteiger partial charge in [0.2, 0.25) is 0 Å². The zero-order valence-corrected chi connectivity index (χ0v) is 14.8. The molecule has 1 aromatic rings. The number of fused-ring (bicyclic) bond motifs is 2. The summed E-state index contributed by atoms with van der Waals surface area (Å²) in [5.41, 5.74) is -0.521. The average Bonchev–Trinajstić information content (AvgIpc) is 2.73. The van der Waals surface area contributed by atoms with Crippen molar-refractivity contribution in [1.29, 1.82) is 0 Å². The number of hydrogen-bond donors (Lipinski definition) is 0. The first kappa shape index (κ1) is 17.8. The molecule has 1 saturated heterocycles. The lowest BCUT2D eigenvalue weighted by atomic mass is 9.65. The first-order valence-electron chi connectivity index (χ1n) is 8.51. The van der Waals surface area contributed by atoms with Crippen LogP contribution >= 0.6 is 0 Å². The molecule has 1 saturated carbocycles. The number of likely N-dealkylation sites (tertiary alicyclic amines) is 1. The van der Waals surface area contributed by atoms with Gasteiger partial charge in [0, 0.05) is 12.6 Å². The highest BCUT2D eigenvalue weighted by molar-refractivity contribution is 5.92. The summed E-state index contributed by atoms with van der Waals surface area (Å²) >= 11 is 0. The number of rotatable bonds is 3. The number of benzene rings is 1. The molecule has 25 heavy (non-hydrogen) atoms. The highest BCUT2D eigenvalue weighted by Gasteiger charge is 2.50. The van der Waals surface area contributed by atoms with Gasteiger partial charge in [-0.05, 0) is 42.2 Å². The smallest absolute Gasteiger partial charge is 0.344 e. The minimum absolute atomic E-state index is 0.0731. The van der Waals surface area contributed by atoms with E-state index in [4.69, 9.17) is 4.74 Å². The van der Waals surface area contributed by atoms with Crippen LogP contribution in [0.5, 0.6) is 0 Å². The lowest BCUT2D eigenvalue weighted by Gasteiger charge is -2.39. The maximum absolute atomic E-state index is 13.6. The van der Waals surface area contributed by atoms with Gasteiger partial charge in [-0.15, -0.1) is 0 Å². The number of ether oxygens (including phenoxy) is 1. The molecule has 2 atom stereocenters. The van der Waals surface area contributed by atoms with E-state index in [2.05, 4.69) is 20.8 Å². The Bertz CT molecular complexity index is 698. The van der Waals surface area contributed by atoms with Crippen LogP contribution in [-0.4, -0.2) is 36.0 Å². The summed E-state index contributed by atoms with van der Waals surface area (Å²) in [6.45, 7) is 6.71. The fourth-order valence-electron chi connectivity index (χ4n) is 4.73. The summed E-state index contributed by atoms with van der Waals surface area (Å²) in [5.74, 6) is -3.46. The van der Waals surface area contributed by atoms with E-state index >= 15 is 0 Å². The van der Waals surface area contributed by atoms with Crippen molar-refractivity contribution in [3.8, 4) is 0 Å². The summed E-state index contributed by atoms with van der Waals surface area (Å²) in [6, 6.07) is 3.26. The Morgan fingerprint density at radius 2 is 1.84 bits per heavy atom. The van der Waals surface area contributed by atoms with Crippen molar-refractivity contribution in [2.75, 3.05) is 13.2 Å². The number of esters is 1. The third-order valence-electron chi connectivity index (χ3n) is 5.23. The van der Waals surface area contributed by atoms with Gasteiger partial charge in [0.05, 0.1) is 0 Å². The van der Waals surface area contributed by atoms with Crippen LogP contribution in [0.3, 0.4) is 0 Å². The third-order valence-corrected chi connectivity index (χ3v) is 5.23. The van der Waals surface area contributed by atoms with Crippen LogP contribution in [-0.2, 0) is 9.53 Å². The summed E-state index contributed by atoms with van der Waals surface area (Å²) in [5, 5.41) is 0. The van der Waals surface area contributed by atoms with E-state index in [1.165, 1.54) is 6.07 Å². The van der Waals surface area contributed by atoms with E-state index in [0.29, 0.717) is 6.54 Å². The Morgan fingerprint density at radius 3 is 2.48 bits per heavy atom. The van der Waals surface area contributed by atoms with Gasteiger partial charge in [-0.25, -0.2) is 13.6 Å². The predicted octanol–water partition coefficient (Wildman–Crippen LogP) is 3.55. The van der Waals surface area contributed by atoms with Crippen molar-refractivity contribution in [2.24, 2.45) is 10.8 Å². The Labute approximate surface area is 146 Å². The fourth-order valence-corrected chi connectivity index (χ4v) is 4.73. The lowest BCUT2D eigenvalue weighted by molar-refractivity contribution is -0.135. The molecule has 3 rings (SSSR count). The van der Waals surface area contributed by atoms with Crippen LogP contribution < -0.4 is 0 Å². The summed E-state index contributed by atoms with van der Waals surface area (Å²) in [4.78, 5) is 26.2. The Balaban J connectivity index is 1.65. The largest absolute Gasteiger partial charge is 0.452 e. The van der Waals surface area contributed by atoms with E-state index < -0.39 is 29.8 Å². The van der Waals surface area contributed by atoms with Gasteiger partial charge >= 0.3 is 5.97 Å². The van der Waals surface area contributed by atoms with Crippen molar-refractivity contribution in [2.45, 2.75) is 46.1 Å². The van der Waals surface area contributed by atoms with Crippen LogP contribution in [0.2, 0.25) is 0 Å². The van der Waals surface area contributed by atoms with E-state index in [1.54, 1.807) is 4.90 Å². The molecule has 136 valence electrons. The molecule has 0 aromatic heterocycles. The summed E-state index contributed by atoms with van der Waals surface area (Å²) in [6.07, 6.45) is 2.89. The lowest BCUT2D eigenvalue weighted by Crippen LogP contribution is -2.39. The second kappa shape index (κ2) is 6.07. The van der Waals surface area contributed by atoms with Gasteiger partial charge in [0.25, 0.3) is 5.91 Å². The molecule has 1 aliphatic heterocycles. The molecule has 6 heteroatoms. The van der Waals surface area contributed by atoms with Crippen molar-refractivity contribution < 1.29 is 23.1 Å². The van der Waals surface area contributed by atoms with Crippen LogP contribution in [0.15, 0.2) is 18.2 Å². The second-order valence-corrected chi connectivity index (χ2v) is 8.41. The zero-order valence-electron chi connectivity index (χ0n) is 14.8. The monoisotopic (exact) mass is 351 g/mol. The molecular weight excluding hydrogens is 328 g/mol. The summed E-state index contributed by atoms with van der Waals surface area (Å²) in [7, 11) is 0. The van der Waals surface area contributed by atoms with Crippen molar-refractivity contribution in [1.82, 2.24) is 4.90 Å². The molecule has 2 fully saturated rings. The topological polar surface area (TPSA) is 46.6 Å². The van der Waals surface area contributed by atoms with Gasteiger partial charge in [-0.1, -0.05) is 26.8 Å². The van der Waals surface area contributed by atoms with Crippen molar-refractivity contribution >= 4 is 11.9 Å². The molecule has 4 nitrogen and oxygen atoms in total. The fraction of sp³-hybridized carbons (Fsp3) is 0.579.